The number of ether oxygens (including phenoxy) is 2. The van der Waals surface area contributed by atoms with E-state index < -0.39 is 0 Å². The van der Waals surface area contributed by atoms with Crippen LogP contribution in [0.4, 0.5) is 0 Å². The van der Waals surface area contributed by atoms with Crippen LogP contribution in [-0.2, 0) is 20.9 Å². The lowest BCUT2D eigenvalue weighted by Gasteiger charge is -2.32. The summed E-state index contributed by atoms with van der Waals surface area (Å²) >= 11 is 0. The zero-order valence-electron chi connectivity index (χ0n) is 15.6. The molecule has 3 rings (SSSR count). The lowest BCUT2D eigenvalue weighted by atomic mass is 10.1. The van der Waals surface area contributed by atoms with Crippen LogP contribution in [0.3, 0.4) is 0 Å². The molecule has 2 fully saturated rings. The van der Waals surface area contributed by atoms with Gasteiger partial charge in [-0.05, 0) is 37.0 Å². The SMILES string of the molecule is O=C(CCCN1CCCC1=O)N[C@@H]1CCOC[C@H]1Oc1ccc(CO)cc1. The summed E-state index contributed by atoms with van der Waals surface area (Å²) in [5.41, 5.74) is 0.823. The number of carbonyl (C=O) groups excluding carboxylic acids is 2. The van der Waals surface area contributed by atoms with Gasteiger partial charge in [-0.1, -0.05) is 12.1 Å². The Labute approximate surface area is 159 Å². The van der Waals surface area contributed by atoms with E-state index in [2.05, 4.69) is 5.32 Å². The third kappa shape index (κ3) is 5.68. The Morgan fingerprint density at radius 2 is 2.15 bits per heavy atom. The van der Waals surface area contributed by atoms with Gasteiger partial charge in [0.1, 0.15) is 11.9 Å². The van der Waals surface area contributed by atoms with Crippen LogP contribution < -0.4 is 10.1 Å². The first-order chi connectivity index (χ1) is 13.2. The number of likely N-dealkylation sites (tertiary alicyclic amines) is 1. The number of nitrogens with zero attached hydrogens (tertiary/aromatic N) is 1. The van der Waals surface area contributed by atoms with Crippen molar-refractivity contribution in [3.63, 3.8) is 0 Å². The average molecular weight is 376 g/mol. The fraction of sp³-hybridized carbons (Fsp3) is 0.600. The second-order valence-corrected chi connectivity index (χ2v) is 7.08. The van der Waals surface area contributed by atoms with Gasteiger partial charge in [-0.15, -0.1) is 0 Å². The molecule has 27 heavy (non-hydrogen) atoms. The number of amides is 2. The topological polar surface area (TPSA) is 88.1 Å². The van der Waals surface area contributed by atoms with Crippen molar-refractivity contribution in [1.29, 1.82) is 0 Å². The molecular weight excluding hydrogens is 348 g/mol. The minimum atomic E-state index is -0.247. The highest BCUT2D eigenvalue weighted by molar-refractivity contribution is 5.78. The summed E-state index contributed by atoms with van der Waals surface area (Å²) in [6.45, 7) is 2.47. The van der Waals surface area contributed by atoms with Gasteiger partial charge >= 0.3 is 0 Å². The predicted octanol–water partition coefficient (Wildman–Crippen LogP) is 1.23. The average Bonchev–Trinajstić information content (AvgIpc) is 3.09. The summed E-state index contributed by atoms with van der Waals surface area (Å²) in [5.74, 6) is 0.868. The van der Waals surface area contributed by atoms with E-state index in [-0.39, 0.29) is 30.6 Å². The number of hydrogen-bond acceptors (Lipinski definition) is 5. The maximum atomic E-state index is 12.3. The Bertz CT molecular complexity index is 634. The Balaban J connectivity index is 1.45. The molecule has 148 valence electrons. The van der Waals surface area contributed by atoms with Crippen LogP contribution in [0.2, 0.25) is 0 Å². The van der Waals surface area contributed by atoms with Gasteiger partial charge in [0, 0.05) is 32.5 Å². The van der Waals surface area contributed by atoms with Crippen LogP contribution in [0, 0.1) is 0 Å². The molecular formula is C20H28N2O5. The first-order valence-electron chi connectivity index (χ1n) is 9.67. The predicted molar refractivity (Wildman–Crippen MR) is 99.2 cm³/mol. The second kappa shape index (κ2) is 9.71. The molecule has 2 amide bonds. The minimum absolute atomic E-state index is 0.00543. The zero-order valence-corrected chi connectivity index (χ0v) is 15.6. The maximum absolute atomic E-state index is 12.3. The second-order valence-electron chi connectivity index (χ2n) is 7.08. The number of benzene rings is 1. The van der Waals surface area contributed by atoms with Crippen LogP contribution in [-0.4, -0.2) is 60.3 Å². The van der Waals surface area contributed by atoms with Gasteiger partial charge in [0.2, 0.25) is 11.8 Å². The van der Waals surface area contributed by atoms with E-state index >= 15 is 0 Å². The molecule has 2 atom stereocenters. The molecule has 2 aliphatic heterocycles. The fourth-order valence-electron chi connectivity index (χ4n) is 3.49. The number of nitrogens with one attached hydrogen (secondary N) is 1. The van der Waals surface area contributed by atoms with Crippen LogP contribution in [0.1, 0.15) is 37.7 Å². The molecule has 1 aromatic carbocycles. The lowest BCUT2D eigenvalue weighted by Crippen LogP contribution is -2.51. The van der Waals surface area contributed by atoms with Gasteiger partial charge in [0.05, 0.1) is 19.3 Å². The summed E-state index contributed by atoms with van der Waals surface area (Å²) in [7, 11) is 0. The van der Waals surface area contributed by atoms with Crippen LogP contribution in [0.5, 0.6) is 5.75 Å². The van der Waals surface area contributed by atoms with Gasteiger partial charge < -0.3 is 24.8 Å². The van der Waals surface area contributed by atoms with Gasteiger partial charge in [-0.2, -0.15) is 0 Å². The molecule has 0 bridgehead atoms. The van der Waals surface area contributed by atoms with Crippen molar-refractivity contribution in [2.24, 2.45) is 0 Å². The number of rotatable bonds is 8. The van der Waals surface area contributed by atoms with E-state index in [1.54, 1.807) is 0 Å². The first kappa shape index (κ1) is 19.6. The van der Waals surface area contributed by atoms with Crippen molar-refractivity contribution in [3.05, 3.63) is 29.8 Å². The Morgan fingerprint density at radius 3 is 2.85 bits per heavy atom. The monoisotopic (exact) mass is 376 g/mol. The molecule has 0 aliphatic carbocycles. The van der Waals surface area contributed by atoms with Crippen molar-refractivity contribution >= 4 is 11.8 Å². The summed E-state index contributed by atoms with van der Waals surface area (Å²) < 4.78 is 11.5. The van der Waals surface area contributed by atoms with E-state index in [1.807, 2.05) is 29.2 Å². The minimum Gasteiger partial charge on any atom is -0.486 e. The van der Waals surface area contributed by atoms with E-state index in [1.165, 1.54) is 0 Å². The molecule has 7 heteroatoms. The Morgan fingerprint density at radius 1 is 1.33 bits per heavy atom. The molecule has 0 aromatic heterocycles. The largest absolute Gasteiger partial charge is 0.486 e. The van der Waals surface area contributed by atoms with Gasteiger partial charge in [0.15, 0.2) is 0 Å². The molecule has 0 spiro atoms. The van der Waals surface area contributed by atoms with Gasteiger partial charge in [-0.3, -0.25) is 9.59 Å². The molecule has 0 unspecified atom stereocenters. The fourth-order valence-corrected chi connectivity index (χ4v) is 3.49. The normalized spacial score (nSPS) is 22.7. The third-order valence-corrected chi connectivity index (χ3v) is 5.05. The summed E-state index contributed by atoms with van der Waals surface area (Å²) in [5, 5.41) is 12.2. The van der Waals surface area contributed by atoms with Crippen molar-refractivity contribution in [2.75, 3.05) is 26.3 Å². The van der Waals surface area contributed by atoms with Crippen LogP contribution in [0.25, 0.3) is 0 Å². The number of hydrogen-bond donors (Lipinski definition) is 2. The van der Waals surface area contributed by atoms with Crippen molar-refractivity contribution in [3.8, 4) is 5.75 Å². The lowest BCUT2D eigenvalue weighted by molar-refractivity contribution is -0.128. The quantitative estimate of drug-likeness (QED) is 0.713. The molecule has 2 saturated heterocycles. The summed E-state index contributed by atoms with van der Waals surface area (Å²) in [6, 6.07) is 7.15. The third-order valence-electron chi connectivity index (χ3n) is 5.05. The summed E-state index contributed by atoms with van der Waals surface area (Å²) in [6.07, 6.45) is 3.09. The number of carbonyl (C=O) groups is 2. The van der Waals surface area contributed by atoms with Crippen molar-refractivity contribution in [2.45, 2.75) is 50.9 Å². The van der Waals surface area contributed by atoms with Crippen molar-refractivity contribution in [1.82, 2.24) is 10.2 Å². The zero-order chi connectivity index (χ0) is 19.1. The Hall–Kier alpha value is -2.12. The van der Waals surface area contributed by atoms with Crippen molar-refractivity contribution < 1.29 is 24.2 Å². The highest BCUT2D eigenvalue weighted by atomic mass is 16.5. The molecule has 2 aliphatic rings. The maximum Gasteiger partial charge on any atom is 0.222 e. The van der Waals surface area contributed by atoms with Gasteiger partial charge in [0.25, 0.3) is 0 Å². The number of aliphatic hydroxyl groups is 1. The smallest absolute Gasteiger partial charge is 0.222 e. The van der Waals surface area contributed by atoms with E-state index in [4.69, 9.17) is 14.6 Å². The van der Waals surface area contributed by atoms with Crippen LogP contribution in [0.15, 0.2) is 24.3 Å². The van der Waals surface area contributed by atoms with E-state index in [0.29, 0.717) is 51.2 Å². The standard InChI is InChI=1S/C20H28N2O5/c23-13-15-5-7-16(8-6-15)27-18-14-26-12-9-17(18)21-19(24)3-1-10-22-11-2-4-20(22)25/h5-8,17-18,23H,1-4,9-14H2,(H,21,24)/t17-,18-/m1/s1. The molecule has 2 N–H and O–H groups in total. The Kier molecular flexibility index (Phi) is 7.06. The van der Waals surface area contributed by atoms with Crippen LogP contribution >= 0.6 is 0 Å². The number of aliphatic hydroxyl groups excluding tert-OH is 1. The molecule has 1 aromatic rings. The van der Waals surface area contributed by atoms with E-state index in [0.717, 1.165) is 18.5 Å². The first-order valence-corrected chi connectivity index (χ1v) is 9.67. The molecule has 0 radical (unpaired) electrons. The highest BCUT2D eigenvalue weighted by Crippen LogP contribution is 2.19. The van der Waals surface area contributed by atoms with E-state index in [9.17, 15) is 9.59 Å². The molecule has 2 heterocycles. The molecule has 7 nitrogen and oxygen atoms in total. The summed E-state index contributed by atoms with van der Waals surface area (Å²) in [4.78, 5) is 25.8. The highest BCUT2D eigenvalue weighted by Gasteiger charge is 2.29. The van der Waals surface area contributed by atoms with Gasteiger partial charge in [-0.25, -0.2) is 0 Å². The molecule has 0 saturated carbocycles.